The van der Waals surface area contributed by atoms with Crippen molar-refractivity contribution in [2.24, 2.45) is 0 Å². The van der Waals surface area contributed by atoms with E-state index in [1.54, 1.807) is 0 Å². The largest absolute Gasteiger partial charge is 0.358 e. The number of H-pyrrole nitrogens is 1. The minimum atomic E-state index is 0.280. The molecule has 0 saturated carbocycles. The first-order chi connectivity index (χ1) is 11.8. The number of hydrogen-bond donors (Lipinski definition) is 1. The molecule has 0 fully saturated rings. The fourth-order valence-electron chi connectivity index (χ4n) is 3.63. The number of aromatic nitrogens is 1. The normalized spacial score (nSPS) is 13.9. The van der Waals surface area contributed by atoms with Gasteiger partial charge in [-0.1, -0.05) is 48.5 Å². The molecule has 0 spiro atoms. The highest BCUT2D eigenvalue weighted by Gasteiger charge is 2.23. The van der Waals surface area contributed by atoms with Crippen LogP contribution in [0.15, 0.2) is 54.6 Å². The third-order valence-corrected chi connectivity index (χ3v) is 4.93. The molecule has 1 amide bonds. The maximum Gasteiger partial charge on any atom is 0.222 e. The summed E-state index contributed by atoms with van der Waals surface area (Å²) in [6, 6.07) is 18.8. The third kappa shape index (κ3) is 2.94. The summed E-state index contributed by atoms with van der Waals surface area (Å²) in [5, 5.41) is 1.26. The zero-order chi connectivity index (χ0) is 16.4. The van der Waals surface area contributed by atoms with Gasteiger partial charge in [-0.2, -0.15) is 0 Å². The monoisotopic (exact) mass is 318 g/mol. The second-order valence-electron chi connectivity index (χ2n) is 6.53. The van der Waals surface area contributed by atoms with Gasteiger partial charge in [-0.3, -0.25) is 4.79 Å². The number of para-hydroxylation sites is 1. The summed E-state index contributed by atoms with van der Waals surface area (Å²) < 4.78 is 0. The Balaban J connectivity index is 1.40. The third-order valence-electron chi connectivity index (χ3n) is 4.93. The first kappa shape index (κ1) is 15.0. The molecule has 24 heavy (non-hydrogen) atoms. The van der Waals surface area contributed by atoms with Crippen LogP contribution in [0.2, 0.25) is 0 Å². The number of aryl methyl sites for hydroxylation is 1. The van der Waals surface area contributed by atoms with Crippen molar-refractivity contribution in [3.8, 4) is 0 Å². The quantitative estimate of drug-likeness (QED) is 0.773. The van der Waals surface area contributed by atoms with Gasteiger partial charge in [0.05, 0.1) is 0 Å². The molecule has 0 atom stereocenters. The summed E-state index contributed by atoms with van der Waals surface area (Å²) in [6.07, 6.45) is 3.44. The van der Waals surface area contributed by atoms with Gasteiger partial charge in [0, 0.05) is 48.1 Å². The van der Waals surface area contributed by atoms with Crippen LogP contribution in [0, 0.1) is 0 Å². The number of nitrogens with one attached hydrogen (secondary N) is 1. The van der Waals surface area contributed by atoms with E-state index in [-0.39, 0.29) is 5.91 Å². The Morgan fingerprint density at radius 3 is 2.71 bits per heavy atom. The molecule has 1 aliphatic heterocycles. The number of benzene rings is 2. The lowest BCUT2D eigenvalue weighted by atomic mass is 10.0. The Morgan fingerprint density at radius 2 is 1.83 bits per heavy atom. The van der Waals surface area contributed by atoms with Crippen LogP contribution in [0.5, 0.6) is 0 Å². The van der Waals surface area contributed by atoms with E-state index in [1.807, 2.05) is 11.0 Å². The molecule has 1 N–H and O–H groups in total. The van der Waals surface area contributed by atoms with Crippen molar-refractivity contribution in [1.82, 2.24) is 9.88 Å². The summed E-state index contributed by atoms with van der Waals surface area (Å²) >= 11 is 0. The minimum Gasteiger partial charge on any atom is -0.358 e. The first-order valence-electron chi connectivity index (χ1n) is 8.71. The highest BCUT2D eigenvalue weighted by molar-refractivity contribution is 5.86. The average Bonchev–Trinajstić information content (AvgIpc) is 3.00. The van der Waals surface area contributed by atoms with Gasteiger partial charge < -0.3 is 9.88 Å². The molecule has 4 rings (SSSR count). The van der Waals surface area contributed by atoms with Gasteiger partial charge in [0.25, 0.3) is 0 Å². The van der Waals surface area contributed by atoms with Crippen LogP contribution >= 0.6 is 0 Å². The van der Waals surface area contributed by atoms with Crippen LogP contribution < -0.4 is 0 Å². The molecular formula is C21H22N2O. The Kier molecular flexibility index (Phi) is 4.08. The molecule has 0 unspecified atom stereocenters. The molecule has 1 aliphatic rings. The van der Waals surface area contributed by atoms with E-state index in [4.69, 9.17) is 0 Å². The summed E-state index contributed by atoms with van der Waals surface area (Å²) in [7, 11) is 0. The minimum absolute atomic E-state index is 0.280. The van der Waals surface area contributed by atoms with Gasteiger partial charge in [0.1, 0.15) is 0 Å². The van der Waals surface area contributed by atoms with Gasteiger partial charge >= 0.3 is 0 Å². The van der Waals surface area contributed by atoms with E-state index in [0.717, 1.165) is 32.4 Å². The molecule has 3 aromatic rings. The summed E-state index contributed by atoms with van der Waals surface area (Å²) in [5.41, 5.74) is 5.08. The number of aromatic amines is 1. The fraction of sp³-hybridized carbons (Fsp3) is 0.286. The topological polar surface area (TPSA) is 36.1 Å². The molecule has 3 nitrogen and oxygen atoms in total. The summed E-state index contributed by atoms with van der Waals surface area (Å²) in [5.74, 6) is 0.280. The van der Waals surface area contributed by atoms with E-state index in [2.05, 4.69) is 53.5 Å². The molecule has 0 saturated heterocycles. The van der Waals surface area contributed by atoms with E-state index in [0.29, 0.717) is 6.42 Å². The van der Waals surface area contributed by atoms with Crippen LogP contribution in [0.4, 0.5) is 0 Å². The molecule has 0 radical (unpaired) electrons. The zero-order valence-corrected chi connectivity index (χ0v) is 13.8. The highest BCUT2D eigenvalue weighted by Crippen LogP contribution is 2.27. The zero-order valence-electron chi connectivity index (χ0n) is 13.8. The van der Waals surface area contributed by atoms with Crippen molar-refractivity contribution in [2.75, 3.05) is 6.54 Å². The average molecular weight is 318 g/mol. The van der Waals surface area contributed by atoms with Gasteiger partial charge in [-0.15, -0.1) is 0 Å². The number of carbonyl (C=O) groups excluding carboxylic acids is 1. The fourth-order valence-corrected chi connectivity index (χ4v) is 3.63. The molecule has 3 heteroatoms. The van der Waals surface area contributed by atoms with Crippen molar-refractivity contribution < 1.29 is 4.79 Å². The van der Waals surface area contributed by atoms with E-state index >= 15 is 0 Å². The molecular weight excluding hydrogens is 296 g/mol. The lowest BCUT2D eigenvalue weighted by Gasteiger charge is -2.27. The number of hydrogen-bond acceptors (Lipinski definition) is 1. The van der Waals surface area contributed by atoms with Crippen molar-refractivity contribution >= 4 is 16.8 Å². The summed E-state index contributed by atoms with van der Waals surface area (Å²) in [6.45, 7) is 1.56. The molecule has 0 aliphatic carbocycles. The van der Waals surface area contributed by atoms with Crippen molar-refractivity contribution in [2.45, 2.75) is 32.2 Å². The van der Waals surface area contributed by atoms with Crippen molar-refractivity contribution in [3.05, 3.63) is 71.4 Å². The van der Waals surface area contributed by atoms with Crippen molar-refractivity contribution in [1.29, 1.82) is 0 Å². The Bertz CT molecular complexity index is 851. The first-order valence-corrected chi connectivity index (χ1v) is 8.71. The van der Waals surface area contributed by atoms with Crippen molar-refractivity contribution in [3.63, 3.8) is 0 Å². The van der Waals surface area contributed by atoms with Crippen LogP contribution in [-0.4, -0.2) is 22.3 Å². The predicted octanol–water partition coefficient (Wildman–Crippen LogP) is 4.08. The predicted molar refractivity (Wildman–Crippen MR) is 96.8 cm³/mol. The maximum atomic E-state index is 12.6. The number of rotatable bonds is 4. The SMILES string of the molecule is O=C(CCCc1ccccc1)N1CCc2[nH]c3ccccc3c2C1. The van der Waals surface area contributed by atoms with Gasteiger partial charge in [0.2, 0.25) is 5.91 Å². The van der Waals surface area contributed by atoms with E-state index in [1.165, 1.54) is 27.7 Å². The van der Waals surface area contributed by atoms with E-state index < -0.39 is 0 Å². The van der Waals surface area contributed by atoms with Crippen LogP contribution in [0.25, 0.3) is 10.9 Å². The number of nitrogens with zero attached hydrogens (tertiary/aromatic N) is 1. The van der Waals surface area contributed by atoms with Crippen LogP contribution in [-0.2, 0) is 24.2 Å². The Labute approximate surface area is 142 Å². The molecule has 1 aromatic heterocycles. The summed E-state index contributed by atoms with van der Waals surface area (Å²) in [4.78, 5) is 18.1. The van der Waals surface area contributed by atoms with Gasteiger partial charge in [-0.05, 0) is 24.5 Å². The lowest BCUT2D eigenvalue weighted by molar-refractivity contribution is -0.132. The second-order valence-corrected chi connectivity index (χ2v) is 6.53. The molecule has 2 aromatic carbocycles. The van der Waals surface area contributed by atoms with Gasteiger partial charge in [0.15, 0.2) is 0 Å². The lowest BCUT2D eigenvalue weighted by Crippen LogP contribution is -2.35. The highest BCUT2D eigenvalue weighted by atomic mass is 16.2. The van der Waals surface area contributed by atoms with Gasteiger partial charge in [-0.25, -0.2) is 0 Å². The molecule has 0 bridgehead atoms. The number of amides is 1. The Hall–Kier alpha value is -2.55. The maximum absolute atomic E-state index is 12.6. The molecule has 122 valence electrons. The smallest absolute Gasteiger partial charge is 0.222 e. The molecule has 2 heterocycles. The second kappa shape index (κ2) is 6.52. The van der Waals surface area contributed by atoms with Crippen LogP contribution in [0.1, 0.15) is 29.7 Å². The number of carbonyl (C=O) groups is 1. The standard InChI is InChI=1S/C21H22N2O/c24-21(12-6-9-16-7-2-1-3-8-16)23-14-13-20-18(15-23)17-10-4-5-11-19(17)22-20/h1-5,7-8,10-11,22H,6,9,12-15H2. The van der Waals surface area contributed by atoms with E-state index in [9.17, 15) is 4.79 Å². The number of fused-ring (bicyclic) bond motifs is 3. The van der Waals surface area contributed by atoms with Crippen LogP contribution in [0.3, 0.4) is 0 Å². The Morgan fingerprint density at radius 1 is 1.04 bits per heavy atom.